The molecule has 0 aromatic heterocycles. The van der Waals surface area contributed by atoms with E-state index >= 15 is 0 Å². The van der Waals surface area contributed by atoms with Gasteiger partial charge in [0.1, 0.15) is 6.17 Å². The monoisotopic (exact) mass is 326 g/mol. The zero-order chi connectivity index (χ0) is 17.2. The van der Waals surface area contributed by atoms with Crippen LogP contribution in [0.5, 0.6) is 0 Å². The lowest BCUT2D eigenvalue weighted by molar-refractivity contribution is 0.743. The summed E-state index contributed by atoms with van der Waals surface area (Å²) in [6.45, 7) is 5.20. The van der Waals surface area contributed by atoms with Gasteiger partial charge >= 0.3 is 0 Å². The first kappa shape index (κ1) is 15.6. The normalized spacial score (nSPS) is 16.8. The summed E-state index contributed by atoms with van der Waals surface area (Å²) in [5.74, 6) is 0. The molecule has 0 saturated carbocycles. The van der Waals surface area contributed by atoms with Gasteiger partial charge in [-0.1, -0.05) is 72.8 Å². The largest absolute Gasteiger partial charge is 0.344 e. The van der Waals surface area contributed by atoms with E-state index in [1.165, 1.54) is 27.9 Å². The first-order valence-corrected chi connectivity index (χ1v) is 8.77. The summed E-state index contributed by atoms with van der Waals surface area (Å²) in [6, 6.07) is 27.7. The van der Waals surface area contributed by atoms with E-state index in [1.807, 2.05) is 6.07 Å². The predicted molar refractivity (Wildman–Crippen MR) is 106 cm³/mol. The Balaban J connectivity index is 1.67. The molecule has 0 saturated heterocycles. The van der Waals surface area contributed by atoms with Gasteiger partial charge in [0.25, 0.3) is 0 Å². The van der Waals surface area contributed by atoms with E-state index in [1.54, 1.807) is 0 Å². The van der Waals surface area contributed by atoms with Crippen molar-refractivity contribution in [3.63, 3.8) is 0 Å². The number of aliphatic imine (C=N–C) groups is 1. The topological polar surface area (TPSA) is 15.6 Å². The van der Waals surface area contributed by atoms with Crippen molar-refractivity contribution in [2.75, 3.05) is 11.4 Å². The molecule has 1 heterocycles. The lowest BCUT2D eigenvalue weighted by atomic mass is 10.0. The number of nitrogens with zero attached hydrogens (tertiary/aromatic N) is 2. The number of aryl methyl sites for hydroxylation is 1. The Morgan fingerprint density at radius 1 is 0.800 bits per heavy atom. The molecule has 2 heteroatoms. The van der Waals surface area contributed by atoms with Gasteiger partial charge < -0.3 is 4.90 Å². The molecule has 124 valence electrons. The van der Waals surface area contributed by atoms with Gasteiger partial charge in [-0.3, -0.25) is 4.99 Å². The van der Waals surface area contributed by atoms with Crippen molar-refractivity contribution in [1.29, 1.82) is 0 Å². The van der Waals surface area contributed by atoms with Gasteiger partial charge in [0, 0.05) is 5.69 Å². The molecule has 4 rings (SSSR count). The minimum absolute atomic E-state index is 0.153. The van der Waals surface area contributed by atoms with E-state index < -0.39 is 0 Å². The highest BCUT2D eigenvalue weighted by Crippen LogP contribution is 2.31. The van der Waals surface area contributed by atoms with Crippen molar-refractivity contribution >= 4 is 11.4 Å². The van der Waals surface area contributed by atoms with Crippen molar-refractivity contribution in [3.8, 4) is 11.1 Å². The number of hydrogen-bond donors (Lipinski definition) is 0. The van der Waals surface area contributed by atoms with Crippen LogP contribution < -0.4 is 4.90 Å². The van der Waals surface area contributed by atoms with Crippen LogP contribution in [-0.4, -0.2) is 18.4 Å². The third-order valence-electron chi connectivity index (χ3n) is 4.85. The first-order chi connectivity index (χ1) is 12.2. The molecular weight excluding hydrogens is 304 g/mol. The van der Waals surface area contributed by atoms with Gasteiger partial charge in [-0.15, -0.1) is 0 Å². The molecule has 0 amide bonds. The predicted octanol–water partition coefficient (Wildman–Crippen LogP) is 5.32. The molecule has 1 aliphatic heterocycles. The van der Waals surface area contributed by atoms with Crippen molar-refractivity contribution in [1.82, 2.24) is 0 Å². The third-order valence-corrected chi connectivity index (χ3v) is 4.85. The molecule has 25 heavy (non-hydrogen) atoms. The van der Waals surface area contributed by atoms with Crippen molar-refractivity contribution in [2.24, 2.45) is 4.99 Å². The van der Waals surface area contributed by atoms with Crippen molar-refractivity contribution in [3.05, 3.63) is 90.0 Å². The summed E-state index contributed by atoms with van der Waals surface area (Å²) < 4.78 is 0. The fraction of sp³-hybridized carbons (Fsp3) is 0.174. The van der Waals surface area contributed by atoms with Crippen LogP contribution in [0.2, 0.25) is 0 Å². The lowest BCUT2D eigenvalue weighted by Crippen LogP contribution is -2.29. The Morgan fingerprint density at radius 2 is 1.44 bits per heavy atom. The van der Waals surface area contributed by atoms with Crippen molar-refractivity contribution < 1.29 is 0 Å². The van der Waals surface area contributed by atoms with Crippen LogP contribution in [0.1, 0.15) is 18.1 Å². The van der Waals surface area contributed by atoms with Gasteiger partial charge in [-0.05, 0) is 42.2 Å². The molecule has 0 aliphatic carbocycles. The molecule has 3 aromatic rings. The van der Waals surface area contributed by atoms with E-state index in [0.717, 1.165) is 12.3 Å². The fourth-order valence-corrected chi connectivity index (χ4v) is 3.44. The summed E-state index contributed by atoms with van der Waals surface area (Å²) in [7, 11) is 0. The molecule has 1 atom stereocenters. The Labute approximate surface area is 149 Å². The molecule has 2 nitrogen and oxygen atoms in total. The maximum Gasteiger partial charge on any atom is 0.119 e. The lowest BCUT2D eigenvalue weighted by Gasteiger charge is -2.25. The second-order valence-electron chi connectivity index (χ2n) is 6.57. The Bertz CT molecular complexity index is 898. The first-order valence-electron chi connectivity index (χ1n) is 8.77. The SMILES string of the molecule is Cc1ccc(-c2ccccc2)cc1N1CC(c2ccccc2)=N[C@@H]1C. The maximum atomic E-state index is 4.90. The average Bonchev–Trinajstić information content (AvgIpc) is 3.05. The summed E-state index contributed by atoms with van der Waals surface area (Å²) in [4.78, 5) is 7.30. The molecule has 0 spiro atoms. The van der Waals surface area contributed by atoms with Crippen LogP contribution in [0.25, 0.3) is 11.1 Å². The molecule has 0 fully saturated rings. The highest BCUT2D eigenvalue weighted by molar-refractivity contribution is 6.05. The minimum Gasteiger partial charge on any atom is -0.344 e. The molecule has 0 bridgehead atoms. The average molecular weight is 326 g/mol. The van der Waals surface area contributed by atoms with Gasteiger partial charge in [0.05, 0.1) is 12.3 Å². The van der Waals surface area contributed by atoms with Crippen LogP contribution in [0.3, 0.4) is 0 Å². The number of benzene rings is 3. The van der Waals surface area contributed by atoms with Gasteiger partial charge in [0.2, 0.25) is 0 Å². The standard InChI is InChI=1S/C23H22N2/c1-17-13-14-21(19-9-5-3-6-10-19)15-23(17)25-16-22(24-18(25)2)20-11-7-4-8-12-20/h3-15,18H,16H2,1-2H3/t18-/m0/s1. The summed E-state index contributed by atoms with van der Waals surface area (Å²) >= 11 is 0. The van der Waals surface area contributed by atoms with E-state index in [-0.39, 0.29) is 6.17 Å². The zero-order valence-corrected chi connectivity index (χ0v) is 14.7. The minimum atomic E-state index is 0.153. The summed E-state index contributed by atoms with van der Waals surface area (Å²) in [6.07, 6.45) is 0.153. The highest BCUT2D eigenvalue weighted by atomic mass is 15.3. The second-order valence-corrected chi connectivity index (χ2v) is 6.57. The van der Waals surface area contributed by atoms with Crippen molar-refractivity contribution in [2.45, 2.75) is 20.0 Å². The second kappa shape index (κ2) is 6.56. The molecule has 1 aliphatic rings. The van der Waals surface area contributed by atoms with Gasteiger partial charge in [0.15, 0.2) is 0 Å². The molecule has 3 aromatic carbocycles. The molecule has 0 N–H and O–H groups in total. The van der Waals surface area contributed by atoms with Crippen LogP contribution in [0, 0.1) is 6.92 Å². The summed E-state index contributed by atoms with van der Waals surface area (Å²) in [5.41, 5.74) is 7.44. The van der Waals surface area contributed by atoms with E-state index in [9.17, 15) is 0 Å². The number of rotatable bonds is 3. The number of anilines is 1. The Hall–Kier alpha value is -2.87. The van der Waals surface area contributed by atoms with Crippen LogP contribution >= 0.6 is 0 Å². The van der Waals surface area contributed by atoms with Crippen LogP contribution in [-0.2, 0) is 0 Å². The third kappa shape index (κ3) is 3.08. The van der Waals surface area contributed by atoms with E-state index in [0.29, 0.717) is 0 Å². The van der Waals surface area contributed by atoms with E-state index in [2.05, 4.69) is 91.5 Å². The smallest absolute Gasteiger partial charge is 0.119 e. The molecule has 0 unspecified atom stereocenters. The quantitative estimate of drug-likeness (QED) is 0.636. The Kier molecular flexibility index (Phi) is 4.10. The molecular formula is C23H22N2. The van der Waals surface area contributed by atoms with Crippen LogP contribution in [0.15, 0.2) is 83.9 Å². The van der Waals surface area contributed by atoms with Crippen LogP contribution in [0.4, 0.5) is 5.69 Å². The fourth-order valence-electron chi connectivity index (χ4n) is 3.44. The Morgan fingerprint density at radius 3 is 2.12 bits per heavy atom. The maximum absolute atomic E-state index is 4.90. The van der Waals surface area contributed by atoms with E-state index in [4.69, 9.17) is 4.99 Å². The highest BCUT2D eigenvalue weighted by Gasteiger charge is 2.25. The van der Waals surface area contributed by atoms with Gasteiger partial charge in [-0.2, -0.15) is 0 Å². The van der Waals surface area contributed by atoms with Gasteiger partial charge in [-0.25, -0.2) is 0 Å². The summed E-state index contributed by atoms with van der Waals surface area (Å²) in [5, 5.41) is 0. The molecule has 0 radical (unpaired) electrons. The number of hydrogen-bond acceptors (Lipinski definition) is 2. The zero-order valence-electron chi connectivity index (χ0n) is 14.7.